The summed E-state index contributed by atoms with van der Waals surface area (Å²) in [5.74, 6) is 0.450. The third-order valence-electron chi connectivity index (χ3n) is 6.68. The highest BCUT2D eigenvalue weighted by molar-refractivity contribution is 5.98. The number of rotatable bonds is 6. The van der Waals surface area contributed by atoms with E-state index < -0.39 is 24.2 Å². The van der Waals surface area contributed by atoms with Gasteiger partial charge in [0, 0.05) is 38.3 Å². The summed E-state index contributed by atoms with van der Waals surface area (Å²) in [5.41, 5.74) is 3.22. The fourth-order valence-corrected chi connectivity index (χ4v) is 4.57. The van der Waals surface area contributed by atoms with Crippen molar-refractivity contribution < 1.29 is 27.4 Å². The molecule has 1 amide bonds. The molecule has 2 atom stereocenters. The first-order valence-corrected chi connectivity index (χ1v) is 11.3. The molecule has 1 aliphatic rings. The number of nitrogens with zero attached hydrogens (tertiary/aromatic N) is 5. The molecule has 0 bridgehead atoms. The second-order valence-corrected chi connectivity index (χ2v) is 8.89. The zero-order valence-electron chi connectivity index (χ0n) is 21.0. The number of carbonyl (C=O) groups is 1. The van der Waals surface area contributed by atoms with Crippen LogP contribution in [0, 0.1) is 13.8 Å². The molecule has 12 heteroatoms. The van der Waals surface area contributed by atoms with E-state index in [9.17, 15) is 18.0 Å². The molecule has 0 aliphatic carbocycles. The van der Waals surface area contributed by atoms with Crippen LogP contribution in [-0.2, 0) is 13.6 Å². The van der Waals surface area contributed by atoms with Gasteiger partial charge in [-0.15, -0.1) is 0 Å². The topological polar surface area (TPSA) is 86.4 Å². The van der Waals surface area contributed by atoms with Crippen molar-refractivity contribution >= 4 is 11.7 Å². The number of amides is 1. The fraction of sp³-hybridized carbons (Fsp3) is 0.458. The van der Waals surface area contributed by atoms with E-state index in [2.05, 4.69) is 15.5 Å². The second kappa shape index (κ2) is 9.40. The number of hydrogen-bond acceptors (Lipinski definition) is 6. The van der Waals surface area contributed by atoms with E-state index in [-0.39, 0.29) is 24.3 Å². The van der Waals surface area contributed by atoms with E-state index >= 15 is 0 Å². The van der Waals surface area contributed by atoms with Crippen molar-refractivity contribution in [3.63, 3.8) is 0 Å². The molecule has 1 aromatic carbocycles. The van der Waals surface area contributed by atoms with E-state index in [0.29, 0.717) is 17.1 Å². The van der Waals surface area contributed by atoms with E-state index in [1.165, 1.54) is 25.3 Å². The maximum Gasteiger partial charge on any atom is 0.410 e. The third kappa shape index (κ3) is 4.47. The van der Waals surface area contributed by atoms with Gasteiger partial charge in [-0.25, -0.2) is 4.68 Å². The van der Waals surface area contributed by atoms with Crippen LogP contribution in [0.2, 0.25) is 0 Å². The molecule has 1 N–H and O–H groups in total. The molecular formula is C24H29F3N6O3. The van der Waals surface area contributed by atoms with Crippen LogP contribution in [0.1, 0.15) is 51.4 Å². The Kier molecular flexibility index (Phi) is 6.63. The summed E-state index contributed by atoms with van der Waals surface area (Å²) in [4.78, 5) is 14.8. The SMILES string of the molecule is COc1ccc([C@H]2C[C@H](C(F)(F)F)n3ncc(C(=O)N(C)Cc4c(C)nn(C)c4C)c3N2)cc1OC. The van der Waals surface area contributed by atoms with Crippen molar-refractivity contribution in [2.24, 2.45) is 7.05 Å². The summed E-state index contributed by atoms with van der Waals surface area (Å²) < 4.78 is 55.4. The zero-order valence-corrected chi connectivity index (χ0v) is 21.0. The maximum atomic E-state index is 14.1. The van der Waals surface area contributed by atoms with Gasteiger partial charge in [-0.3, -0.25) is 9.48 Å². The number of fused-ring (bicyclic) bond motifs is 1. The Hall–Kier alpha value is -3.70. The number of aromatic nitrogens is 4. The number of alkyl halides is 3. The van der Waals surface area contributed by atoms with Crippen molar-refractivity contribution in [3.8, 4) is 11.5 Å². The lowest BCUT2D eigenvalue weighted by molar-refractivity contribution is -0.173. The molecule has 1 aliphatic heterocycles. The standard InChI is InChI=1S/C24H29F3N6O3/c1-13-17(14(2)32(4)30-13)12-31(3)23(34)16-11-28-33-21(24(25,26)27)10-18(29-22(16)33)15-7-8-19(35-5)20(9-15)36-6/h7-9,11,18,21,29H,10,12H2,1-6H3/t18-,21-/m1/s1. The minimum absolute atomic E-state index is 0.0276. The molecule has 3 aromatic rings. The lowest BCUT2D eigenvalue weighted by Gasteiger charge is -2.34. The van der Waals surface area contributed by atoms with Crippen LogP contribution in [0.15, 0.2) is 24.4 Å². The van der Waals surface area contributed by atoms with Crippen LogP contribution in [-0.4, -0.2) is 57.8 Å². The monoisotopic (exact) mass is 506 g/mol. The highest BCUT2D eigenvalue weighted by Crippen LogP contribution is 2.45. The fourth-order valence-electron chi connectivity index (χ4n) is 4.57. The summed E-state index contributed by atoms with van der Waals surface area (Å²) in [5, 5.41) is 11.5. The molecule has 4 rings (SSSR count). The molecular weight excluding hydrogens is 477 g/mol. The summed E-state index contributed by atoms with van der Waals surface area (Å²) in [6, 6.07) is 2.32. The summed E-state index contributed by atoms with van der Waals surface area (Å²) in [6.07, 6.45) is -3.67. The largest absolute Gasteiger partial charge is 0.493 e. The smallest absolute Gasteiger partial charge is 0.410 e. The van der Waals surface area contributed by atoms with Crippen molar-refractivity contribution in [3.05, 3.63) is 52.5 Å². The first kappa shape index (κ1) is 25.4. The lowest BCUT2D eigenvalue weighted by atomic mass is 9.96. The molecule has 2 aromatic heterocycles. The van der Waals surface area contributed by atoms with Gasteiger partial charge < -0.3 is 19.7 Å². The van der Waals surface area contributed by atoms with Crippen molar-refractivity contribution in [1.82, 2.24) is 24.5 Å². The van der Waals surface area contributed by atoms with Crippen LogP contribution in [0.3, 0.4) is 0 Å². The number of methoxy groups -OCH3 is 2. The van der Waals surface area contributed by atoms with Crippen molar-refractivity contribution in [2.45, 2.75) is 45.1 Å². The van der Waals surface area contributed by atoms with Gasteiger partial charge in [0.25, 0.3) is 5.91 Å². The normalized spacial score (nSPS) is 17.4. The predicted octanol–water partition coefficient (Wildman–Crippen LogP) is 4.18. The maximum absolute atomic E-state index is 14.1. The van der Waals surface area contributed by atoms with Gasteiger partial charge in [-0.1, -0.05) is 6.07 Å². The van der Waals surface area contributed by atoms with Gasteiger partial charge in [0.05, 0.1) is 32.2 Å². The number of nitrogens with one attached hydrogen (secondary N) is 1. The Morgan fingerprint density at radius 3 is 2.50 bits per heavy atom. The van der Waals surface area contributed by atoms with E-state index in [1.54, 1.807) is 29.9 Å². The van der Waals surface area contributed by atoms with Gasteiger partial charge >= 0.3 is 6.18 Å². The van der Waals surface area contributed by atoms with Crippen molar-refractivity contribution in [1.29, 1.82) is 0 Å². The van der Waals surface area contributed by atoms with E-state index in [1.807, 2.05) is 20.9 Å². The average Bonchev–Trinajstić information content (AvgIpc) is 3.37. The van der Waals surface area contributed by atoms with E-state index in [0.717, 1.165) is 21.6 Å². The predicted molar refractivity (Wildman–Crippen MR) is 126 cm³/mol. The number of ether oxygens (including phenoxy) is 2. The zero-order chi connectivity index (χ0) is 26.4. The third-order valence-corrected chi connectivity index (χ3v) is 6.68. The number of anilines is 1. The Labute approximate surface area is 206 Å². The number of carbonyl (C=O) groups excluding carboxylic acids is 1. The molecule has 0 saturated carbocycles. The van der Waals surface area contributed by atoms with Crippen LogP contribution < -0.4 is 14.8 Å². The molecule has 0 fully saturated rings. The first-order chi connectivity index (χ1) is 17.0. The minimum Gasteiger partial charge on any atom is -0.493 e. The van der Waals surface area contributed by atoms with Crippen LogP contribution in [0.5, 0.6) is 11.5 Å². The molecule has 0 unspecified atom stereocenters. The molecule has 36 heavy (non-hydrogen) atoms. The van der Waals surface area contributed by atoms with Gasteiger partial charge in [0.15, 0.2) is 17.5 Å². The number of hydrogen-bond donors (Lipinski definition) is 1. The van der Waals surface area contributed by atoms with Gasteiger partial charge in [0.1, 0.15) is 11.4 Å². The number of benzene rings is 1. The Bertz CT molecular complexity index is 1280. The highest BCUT2D eigenvalue weighted by atomic mass is 19.4. The Morgan fingerprint density at radius 2 is 1.92 bits per heavy atom. The summed E-state index contributed by atoms with van der Waals surface area (Å²) in [7, 11) is 6.37. The van der Waals surface area contributed by atoms with Crippen LogP contribution in [0.25, 0.3) is 0 Å². The first-order valence-electron chi connectivity index (χ1n) is 11.3. The van der Waals surface area contributed by atoms with E-state index in [4.69, 9.17) is 9.47 Å². The molecule has 3 heterocycles. The van der Waals surface area contributed by atoms with Gasteiger partial charge in [-0.2, -0.15) is 23.4 Å². The average molecular weight is 507 g/mol. The molecule has 0 saturated heterocycles. The molecule has 9 nitrogen and oxygen atoms in total. The quantitative estimate of drug-likeness (QED) is 0.540. The van der Waals surface area contributed by atoms with Crippen molar-refractivity contribution in [2.75, 3.05) is 26.6 Å². The number of aryl methyl sites for hydroxylation is 2. The minimum atomic E-state index is -4.56. The lowest BCUT2D eigenvalue weighted by Crippen LogP contribution is -2.36. The Morgan fingerprint density at radius 1 is 1.22 bits per heavy atom. The summed E-state index contributed by atoms with van der Waals surface area (Å²) >= 11 is 0. The van der Waals surface area contributed by atoms with Crippen LogP contribution >= 0.6 is 0 Å². The number of halogens is 3. The highest BCUT2D eigenvalue weighted by Gasteiger charge is 2.47. The Balaban J connectivity index is 1.69. The van der Waals surface area contributed by atoms with Crippen LogP contribution in [0.4, 0.5) is 19.0 Å². The molecule has 0 spiro atoms. The molecule has 0 radical (unpaired) electrons. The molecule has 194 valence electrons. The van der Waals surface area contributed by atoms with Gasteiger partial charge in [-0.05, 0) is 31.5 Å². The second-order valence-electron chi connectivity index (χ2n) is 8.89. The van der Waals surface area contributed by atoms with Gasteiger partial charge in [0.2, 0.25) is 0 Å². The summed E-state index contributed by atoms with van der Waals surface area (Å²) in [6.45, 7) is 4.01.